The number of rotatable bonds is 8. The fourth-order valence-electron chi connectivity index (χ4n) is 4.71. The standard InChI is InChI=1S/C31H31NO4/c1-22(33)23-5-7-24(8-6-23)29-15-9-25-21-26(34)10-16-30(25)31(29)36-28-13-11-27(12-14-28)35-20-19-32-17-3-2-4-18-32/h5-16,21,34H,2-4,17-20H2,1H3. The second-order valence-corrected chi connectivity index (χ2v) is 9.31. The highest BCUT2D eigenvalue weighted by atomic mass is 16.5. The molecule has 0 aromatic heterocycles. The number of hydrogen-bond donors (Lipinski definition) is 1. The number of fused-ring (bicyclic) bond motifs is 1. The van der Waals surface area contributed by atoms with E-state index in [0.29, 0.717) is 23.7 Å². The highest BCUT2D eigenvalue weighted by Gasteiger charge is 2.14. The van der Waals surface area contributed by atoms with E-state index in [1.165, 1.54) is 32.4 Å². The smallest absolute Gasteiger partial charge is 0.159 e. The number of phenolic OH excluding ortho intramolecular Hbond substituents is 1. The quantitative estimate of drug-likeness (QED) is 0.273. The molecular formula is C31H31NO4. The van der Waals surface area contributed by atoms with Gasteiger partial charge in [0.1, 0.15) is 29.6 Å². The van der Waals surface area contributed by atoms with E-state index in [9.17, 15) is 9.90 Å². The van der Waals surface area contributed by atoms with Gasteiger partial charge in [-0.1, -0.05) is 36.8 Å². The lowest BCUT2D eigenvalue weighted by atomic mass is 9.98. The Morgan fingerprint density at radius 2 is 1.58 bits per heavy atom. The molecule has 0 unspecified atom stereocenters. The van der Waals surface area contributed by atoms with Crippen LogP contribution in [0, 0.1) is 0 Å². The molecule has 1 saturated heterocycles. The highest BCUT2D eigenvalue weighted by Crippen LogP contribution is 2.40. The summed E-state index contributed by atoms with van der Waals surface area (Å²) in [6, 6.07) is 24.4. The van der Waals surface area contributed by atoms with Gasteiger partial charge in [0.05, 0.1) is 0 Å². The predicted molar refractivity (Wildman–Crippen MR) is 143 cm³/mol. The van der Waals surface area contributed by atoms with Crippen LogP contribution in [0.25, 0.3) is 21.9 Å². The molecule has 0 spiro atoms. The number of ether oxygens (including phenoxy) is 2. The van der Waals surface area contributed by atoms with Crippen LogP contribution in [0.1, 0.15) is 36.5 Å². The van der Waals surface area contributed by atoms with Gasteiger partial charge in [0.2, 0.25) is 0 Å². The van der Waals surface area contributed by atoms with Crippen molar-refractivity contribution in [2.24, 2.45) is 0 Å². The first kappa shape index (κ1) is 23.9. The van der Waals surface area contributed by atoms with Crippen molar-refractivity contribution < 1.29 is 19.4 Å². The van der Waals surface area contributed by atoms with Gasteiger partial charge in [-0.2, -0.15) is 0 Å². The SMILES string of the molecule is CC(=O)c1ccc(-c2ccc3cc(O)ccc3c2Oc2ccc(OCCN3CCCCC3)cc2)cc1. The van der Waals surface area contributed by atoms with Gasteiger partial charge in [-0.15, -0.1) is 0 Å². The Balaban J connectivity index is 1.38. The van der Waals surface area contributed by atoms with Gasteiger partial charge in [0.15, 0.2) is 5.78 Å². The number of carbonyl (C=O) groups is 1. The second kappa shape index (κ2) is 10.8. The van der Waals surface area contributed by atoms with E-state index < -0.39 is 0 Å². The Hall–Kier alpha value is -3.83. The molecule has 0 amide bonds. The summed E-state index contributed by atoms with van der Waals surface area (Å²) in [4.78, 5) is 14.2. The van der Waals surface area contributed by atoms with Crippen LogP contribution in [0.15, 0.2) is 78.9 Å². The van der Waals surface area contributed by atoms with Crippen LogP contribution in [-0.4, -0.2) is 42.0 Å². The van der Waals surface area contributed by atoms with Gasteiger partial charge in [-0.3, -0.25) is 9.69 Å². The molecule has 1 aliphatic heterocycles. The largest absolute Gasteiger partial charge is 0.508 e. The minimum Gasteiger partial charge on any atom is -0.508 e. The fraction of sp³-hybridized carbons (Fsp3) is 0.258. The third-order valence-electron chi connectivity index (χ3n) is 6.72. The van der Waals surface area contributed by atoms with Crippen molar-refractivity contribution >= 4 is 16.6 Å². The first-order valence-corrected chi connectivity index (χ1v) is 12.6. The average molecular weight is 482 g/mol. The monoisotopic (exact) mass is 481 g/mol. The number of likely N-dealkylation sites (tertiary alicyclic amines) is 1. The molecule has 5 rings (SSSR count). The van der Waals surface area contributed by atoms with Gasteiger partial charge in [-0.25, -0.2) is 0 Å². The molecule has 5 heteroatoms. The summed E-state index contributed by atoms with van der Waals surface area (Å²) in [5.74, 6) is 2.45. The number of nitrogens with zero attached hydrogens (tertiary/aromatic N) is 1. The highest BCUT2D eigenvalue weighted by molar-refractivity contribution is 5.97. The van der Waals surface area contributed by atoms with Gasteiger partial charge < -0.3 is 14.6 Å². The molecule has 0 aliphatic carbocycles. The summed E-state index contributed by atoms with van der Waals surface area (Å²) < 4.78 is 12.4. The maximum Gasteiger partial charge on any atom is 0.159 e. The normalized spacial score (nSPS) is 14.0. The minimum atomic E-state index is 0.0326. The lowest BCUT2D eigenvalue weighted by Crippen LogP contribution is -2.33. The van der Waals surface area contributed by atoms with E-state index >= 15 is 0 Å². The lowest BCUT2D eigenvalue weighted by Gasteiger charge is -2.26. The molecule has 0 atom stereocenters. The van der Waals surface area contributed by atoms with Crippen LogP contribution in [0.2, 0.25) is 0 Å². The summed E-state index contributed by atoms with van der Waals surface area (Å²) >= 11 is 0. The average Bonchev–Trinajstić information content (AvgIpc) is 2.90. The molecule has 1 heterocycles. The van der Waals surface area contributed by atoms with Crippen LogP contribution in [-0.2, 0) is 0 Å². The summed E-state index contributed by atoms with van der Waals surface area (Å²) in [6.45, 7) is 5.52. The van der Waals surface area contributed by atoms with Crippen LogP contribution >= 0.6 is 0 Å². The number of Topliss-reactive ketones (excluding diaryl/α,β-unsaturated/α-hetero) is 1. The molecule has 1 N–H and O–H groups in total. The van der Waals surface area contributed by atoms with Crippen LogP contribution in [0.4, 0.5) is 0 Å². The van der Waals surface area contributed by atoms with E-state index in [0.717, 1.165) is 34.2 Å². The van der Waals surface area contributed by atoms with Gasteiger partial charge >= 0.3 is 0 Å². The minimum absolute atomic E-state index is 0.0326. The predicted octanol–water partition coefficient (Wildman–Crippen LogP) is 7.07. The molecule has 0 radical (unpaired) electrons. The Morgan fingerprint density at radius 1 is 0.861 bits per heavy atom. The van der Waals surface area contributed by atoms with E-state index in [2.05, 4.69) is 4.90 Å². The zero-order valence-electron chi connectivity index (χ0n) is 20.6. The molecular weight excluding hydrogens is 450 g/mol. The summed E-state index contributed by atoms with van der Waals surface area (Å²) in [6.07, 6.45) is 3.90. The molecule has 5 nitrogen and oxygen atoms in total. The number of carbonyl (C=O) groups excluding carboxylic acids is 1. The fourth-order valence-corrected chi connectivity index (χ4v) is 4.71. The zero-order valence-corrected chi connectivity index (χ0v) is 20.6. The summed E-state index contributed by atoms with van der Waals surface area (Å²) in [5, 5.41) is 11.7. The van der Waals surface area contributed by atoms with E-state index in [-0.39, 0.29) is 11.5 Å². The van der Waals surface area contributed by atoms with Crippen molar-refractivity contribution in [3.8, 4) is 34.1 Å². The first-order chi connectivity index (χ1) is 17.6. The molecule has 1 aliphatic rings. The number of hydrogen-bond acceptors (Lipinski definition) is 5. The van der Waals surface area contributed by atoms with Crippen molar-refractivity contribution in [2.75, 3.05) is 26.2 Å². The molecule has 0 bridgehead atoms. The number of ketones is 1. The third kappa shape index (κ3) is 5.52. The Bertz CT molecular complexity index is 1340. The maximum atomic E-state index is 11.7. The Morgan fingerprint density at radius 3 is 2.31 bits per heavy atom. The summed E-state index contributed by atoms with van der Waals surface area (Å²) in [7, 11) is 0. The number of piperidine rings is 1. The summed E-state index contributed by atoms with van der Waals surface area (Å²) in [5.41, 5.74) is 2.52. The maximum absolute atomic E-state index is 11.7. The molecule has 36 heavy (non-hydrogen) atoms. The van der Waals surface area contributed by atoms with Crippen LogP contribution < -0.4 is 9.47 Å². The van der Waals surface area contributed by atoms with Crippen LogP contribution in [0.5, 0.6) is 23.0 Å². The zero-order chi connectivity index (χ0) is 24.9. The molecule has 184 valence electrons. The third-order valence-corrected chi connectivity index (χ3v) is 6.72. The number of benzene rings is 4. The number of aromatic hydroxyl groups is 1. The van der Waals surface area contributed by atoms with E-state index in [4.69, 9.17) is 9.47 Å². The van der Waals surface area contributed by atoms with Crippen molar-refractivity contribution in [2.45, 2.75) is 26.2 Å². The molecule has 1 fully saturated rings. The van der Waals surface area contributed by atoms with E-state index in [1.807, 2.05) is 66.7 Å². The molecule has 0 saturated carbocycles. The van der Waals surface area contributed by atoms with Crippen LogP contribution in [0.3, 0.4) is 0 Å². The second-order valence-electron chi connectivity index (χ2n) is 9.31. The number of phenols is 1. The topological polar surface area (TPSA) is 59.0 Å². The van der Waals surface area contributed by atoms with Crippen molar-refractivity contribution in [1.82, 2.24) is 4.90 Å². The van der Waals surface area contributed by atoms with Gasteiger partial charge in [-0.05, 0) is 92.3 Å². The Labute approximate surface area is 211 Å². The van der Waals surface area contributed by atoms with Gasteiger partial charge in [0.25, 0.3) is 0 Å². The van der Waals surface area contributed by atoms with Crippen molar-refractivity contribution in [3.63, 3.8) is 0 Å². The van der Waals surface area contributed by atoms with Crippen molar-refractivity contribution in [1.29, 1.82) is 0 Å². The molecule has 4 aromatic carbocycles. The lowest BCUT2D eigenvalue weighted by molar-refractivity contribution is 0.101. The Kier molecular flexibility index (Phi) is 7.19. The first-order valence-electron chi connectivity index (χ1n) is 12.6. The van der Waals surface area contributed by atoms with E-state index in [1.54, 1.807) is 19.1 Å². The van der Waals surface area contributed by atoms with Gasteiger partial charge in [0, 0.05) is 23.1 Å². The van der Waals surface area contributed by atoms with Crippen molar-refractivity contribution in [3.05, 3.63) is 84.4 Å². The molecule has 4 aromatic rings.